The average molecular weight is 413 g/mol. The molecule has 9 nitrogen and oxygen atoms in total. The predicted octanol–water partition coefficient (Wildman–Crippen LogP) is 2.01. The fourth-order valence-corrected chi connectivity index (χ4v) is 2.54. The third-order valence-electron chi connectivity index (χ3n) is 4.19. The Balaban J connectivity index is 1.66. The Morgan fingerprint density at radius 1 is 1.00 bits per heavy atom. The van der Waals surface area contributed by atoms with E-state index in [1.807, 2.05) is 30.3 Å². The van der Waals surface area contributed by atoms with Crippen LogP contribution in [0.3, 0.4) is 0 Å². The van der Waals surface area contributed by atoms with E-state index in [4.69, 9.17) is 4.74 Å². The number of nitrogens with zero attached hydrogens (tertiary/aromatic N) is 1. The van der Waals surface area contributed by atoms with Crippen molar-refractivity contribution in [3.05, 3.63) is 75.8 Å². The summed E-state index contributed by atoms with van der Waals surface area (Å²) >= 11 is 0. The van der Waals surface area contributed by atoms with E-state index in [1.54, 1.807) is 0 Å². The van der Waals surface area contributed by atoms with E-state index in [0.717, 1.165) is 5.56 Å². The summed E-state index contributed by atoms with van der Waals surface area (Å²) in [5.41, 5.74) is 1.21. The number of hydrogen-bond donors (Lipinski definition) is 2. The van der Waals surface area contributed by atoms with Crippen molar-refractivity contribution in [3.63, 3.8) is 0 Å². The van der Waals surface area contributed by atoms with E-state index in [9.17, 15) is 24.5 Å². The summed E-state index contributed by atoms with van der Waals surface area (Å²) in [6, 6.07) is 14.8. The number of nitro benzene ring substituents is 1. The Hall–Kier alpha value is -3.75. The summed E-state index contributed by atoms with van der Waals surface area (Å²) in [7, 11) is 0. The van der Waals surface area contributed by atoms with Gasteiger partial charge >= 0.3 is 5.97 Å². The summed E-state index contributed by atoms with van der Waals surface area (Å²) in [6.07, 6.45) is -0.388. The van der Waals surface area contributed by atoms with Gasteiger partial charge in [-0.05, 0) is 31.0 Å². The van der Waals surface area contributed by atoms with Gasteiger partial charge in [-0.15, -0.1) is 0 Å². The van der Waals surface area contributed by atoms with Crippen molar-refractivity contribution in [1.82, 2.24) is 10.6 Å². The fourth-order valence-electron chi connectivity index (χ4n) is 2.54. The third kappa shape index (κ3) is 7.34. The number of nitrogens with one attached hydrogen (secondary N) is 2. The summed E-state index contributed by atoms with van der Waals surface area (Å²) in [5, 5.41) is 15.8. The van der Waals surface area contributed by atoms with Gasteiger partial charge in [-0.1, -0.05) is 30.3 Å². The van der Waals surface area contributed by atoms with Crippen LogP contribution in [0.25, 0.3) is 0 Å². The van der Waals surface area contributed by atoms with Crippen LogP contribution in [0.5, 0.6) is 0 Å². The Bertz CT molecular complexity index is 883. The second kappa shape index (κ2) is 11.3. The van der Waals surface area contributed by atoms with Crippen LogP contribution < -0.4 is 10.6 Å². The molecule has 2 aromatic carbocycles. The van der Waals surface area contributed by atoms with E-state index < -0.39 is 28.8 Å². The lowest BCUT2D eigenvalue weighted by atomic mass is 10.1. The zero-order valence-corrected chi connectivity index (χ0v) is 16.5. The molecule has 9 heteroatoms. The van der Waals surface area contributed by atoms with Crippen LogP contribution in [0.15, 0.2) is 54.6 Å². The maximum atomic E-state index is 12.0. The largest absolute Gasteiger partial charge is 0.452 e. The van der Waals surface area contributed by atoms with Crippen molar-refractivity contribution in [1.29, 1.82) is 0 Å². The van der Waals surface area contributed by atoms with E-state index in [1.165, 1.54) is 31.2 Å². The second-order valence-electron chi connectivity index (χ2n) is 6.47. The second-order valence-corrected chi connectivity index (χ2v) is 6.47. The van der Waals surface area contributed by atoms with E-state index in [2.05, 4.69) is 10.6 Å². The molecule has 0 saturated carbocycles. The topological polar surface area (TPSA) is 128 Å². The number of rotatable bonds is 10. The molecular formula is C21H23N3O6. The number of carbonyl (C=O) groups excluding carboxylic acids is 3. The molecule has 0 saturated heterocycles. The van der Waals surface area contributed by atoms with Crippen molar-refractivity contribution in [3.8, 4) is 0 Å². The quantitative estimate of drug-likeness (QED) is 0.348. The van der Waals surface area contributed by atoms with Gasteiger partial charge < -0.3 is 15.4 Å². The minimum absolute atomic E-state index is 0.0109. The molecule has 2 N–H and O–H groups in total. The van der Waals surface area contributed by atoms with Gasteiger partial charge in [0.25, 0.3) is 17.5 Å². The van der Waals surface area contributed by atoms with Crippen molar-refractivity contribution in [2.24, 2.45) is 0 Å². The zero-order chi connectivity index (χ0) is 21.9. The Morgan fingerprint density at radius 2 is 1.67 bits per heavy atom. The standard InChI is InChI=1S/C21H23N3O6/c1-15(20(26)22-13-11-16-5-3-2-4-6-16)30-19(25)12-14-23-21(27)17-7-9-18(10-8-17)24(28)29/h2-10,15H,11-14H2,1H3,(H,22,26)(H,23,27)/t15-/m1/s1. The first kappa shape index (κ1) is 22.5. The van der Waals surface area contributed by atoms with Crippen LogP contribution in [0, 0.1) is 10.1 Å². The van der Waals surface area contributed by atoms with Crippen LogP contribution in [0.2, 0.25) is 0 Å². The molecule has 0 bridgehead atoms. The van der Waals surface area contributed by atoms with Crippen molar-refractivity contribution >= 4 is 23.5 Å². The molecule has 0 aliphatic heterocycles. The molecule has 0 spiro atoms. The number of benzene rings is 2. The minimum atomic E-state index is -0.946. The third-order valence-corrected chi connectivity index (χ3v) is 4.19. The zero-order valence-electron chi connectivity index (χ0n) is 16.5. The van der Waals surface area contributed by atoms with Crippen molar-refractivity contribution in [2.45, 2.75) is 25.9 Å². The molecule has 30 heavy (non-hydrogen) atoms. The lowest BCUT2D eigenvalue weighted by Crippen LogP contribution is -2.37. The highest BCUT2D eigenvalue weighted by Crippen LogP contribution is 2.11. The van der Waals surface area contributed by atoms with Crippen LogP contribution in [0.1, 0.15) is 29.3 Å². The molecular weight excluding hydrogens is 390 g/mol. The summed E-state index contributed by atoms with van der Waals surface area (Å²) in [4.78, 5) is 45.9. The maximum Gasteiger partial charge on any atom is 0.308 e. The summed E-state index contributed by atoms with van der Waals surface area (Å²) in [6.45, 7) is 1.91. The van der Waals surface area contributed by atoms with E-state index >= 15 is 0 Å². The van der Waals surface area contributed by atoms with Gasteiger partial charge in [0.15, 0.2) is 6.10 Å². The first-order chi connectivity index (χ1) is 14.4. The predicted molar refractivity (Wildman–Crippen MR) is 109 cm³/mol. The smallest absolute Gasteiger partial charge is 0.308 e. The van der Waals surface area contributed by atoms with Crippen LogP contribution in [-0.2, 0) is 20.7 Å². The molecule has 0 unspecified atom stereocenters. The monoisotopic (exact) mass is 413 g/mol. The van der Waals surface area contributed by atoms with Gasteiger partial charge in [0.2, 0.25) is 0 Å². The molecule has 158 valence electrons. The average Bonchev–Trinajstić information content (AvgIpc) is 2.74. The number of ether oxygens (including phenoxy) is 1. The normalized spacial score (nSPS) is 11.2. The van der Waals surface area contributed by atoms with Gasteiger partial charge in [0, 0.05) is 30.8 Å². The highest BCUT2D eigenvalue weighted by atomic mass is 16.6. The number of amides is 2. The van der Waals surface area contributed by atoms with E-state index in [0.29, 0.717) is 13.0 Å². The SMILES string of the molecule is C[C@@H](OC(=O)CCNC(=O)c1ccc([N+](=O)[O-])cc1)C(=O)NCCc1ccccc1. The molecule has 2 amide bonds. The van der Waals surface area contributed by atoms with E-state index in [-0.39, 0.29) is 24.2 Å². The molecule has 0 radical (unpaired) electrons. The van der Waals surface area contributed by atoms with Crippen molar-refractivity contribution in [2.75, 3.05) is 13.1 Å². The molecule has 2 aromatic rings. The van der Waals surface area contributed by atoms with Crippen LogP contribution >= 0.6 is 0 Å². The first-order valence-electron chi connectivity index (χ1n) is 9.40. The number of hydrogen-bond acceptors (Lipinski definition) is 6. The van der Waals surface area contributed by atoms with Gasteiger partial charge in [-0.3, -0.25) is 24.5 Å². The molecule has 0 fully saturated rings. The number of carbonyl (C=O) groups is 3. The molecule has 1 atom stereocenters. The fraction of sp³-hybridized carbons (Fsp3) is 0.286. The molecule has 0 aliphatic carbocycles. The first-order valence-corrected chi connectivity index (χ1v) is 9.40. The number of non-ortho nitro benzene ring substituents is 1. The van der Waals surface area contributed by atoms with Gasteiger partial charge in [0.05, 0.1) is 11.3 Å². The Labute approximate surface area is 173 Å². The maximum absolute atomic E-state index is 12.0. The summed E-state index contributed by atoms with van der Waals surface area (Å²) in [5.74, 6) is -1.48. The highest BCUT2D eigenvalue weighted by molar-refractivity contribution is 5.94. The van der Waals surface area contributed by atoms with Gasteiger partial charge in [-0.2, -0.15) is 0 Å². The number of esters is 1. The lowest BCUT2D eigenvalue weighted by molar-refractivity contribution is -0.384. The molecule has 0 aliphatic rings. The highest BCUT2D eigenvalue weighted by Gasteiger charge is 2.17. The molecule has 0 aromatic heterocycles. The van der Waals surface area contributed by atoms with Crippen LogP contribution in [0.4, 0.5) is 5.69 Å². The van der Waals surface area contributed by atoms with Crippen LogP contribution in [-0.4, -0.2) is 41.9 Å². The van der Waals surface area contributed by atoms with Gasteiger partial charge in [-0.25, -0.2) is 0 Å². The molecule has 0 heterocycles. The minimum Gasteiger partial charge on any atom is -0.452 e. The Morgan fingerprint density at radius 3 is 2.30 bits per heavy atom. The Kier molecular flexibility index (Phi) is 8.49. The van der Waals surface area contributed by atoms with Gasteiger partial charge in [0.1, 0.15) is 0 Å². The molecule has 2 rings (SSSR count). The summed E-state index contributed by atoms with van der Waals surface area (Å²) < 4.78 is 5.07. The van der Waals surface area contributed by atoms with Crippen molar-refractivity contribution < 1.29 is 24.0 Å². The lowest BCUT2D eigenvalue weighted by Gasteiger charge is -2.13. The number of nitro groups is 1.